The Morgan fingerprint density at radius 3 is 2.77 bits per heavy atom. The largest absolute Gasteiger partial charge is 0.272 e. The summed E-state index contributed by atoms with van der Waals surface area (Å²) in [5, 5.41) is 3.92. The fourth-order valence-corrected chi connectivity index (χ4v) is 2.83. The predicted octanol–water partition coefficient (Wildman–Crippen LogP) is 3.08. The highest BCUT2D eigenvalue weighted by molar-refractivity contribution is 7.99. The molecule has 0 aliphatic rings. The van der Waals surface area contributed by atoms with Crippen molar-refractivity contribution < 1.29 is 4.79 Å². The fraction of sp³-hybridized carbons (Fsp3) is 0.235. The molecule has 1 aromatic carbocycles. The van der Waals surface area contributed by atoms with Gasteiger partial charge in [-0.25, -0.2) is 5.43 Å². The molecule has 1 aromatic heterocycles. The quantitative estimate of drug-likeness (QED) is 0.658. The van der Waals surface area contributed by atoms with E-state index in [0.29, 0.717) is 5.75 Å². The van der Waals surface area contributed by atoms with Gasteiger partial charge in [0.1, 0.15) is 0 Å². The normalized spacial score (nSPS) is 10.8. The summed E-state index contributed by atoms with van der Waals surface area (Å²) < 4.78 is 0. The molecule has 0 saturated heterocycles. The van der Waals surface area contributed by atoms with E-state index in [9.17, 15) is 4.79 Å². The zero-order valence-electron chi connectivity index (χ0n) is 12.7. The molecule has 22 heavy (non-hydrogen) atoms. The van der Waals surface area contributed by atoms with E-state index in [4.69, 9.17) is 0 Å². The van der Waals surface area contributed by atoms with Crippen molar-refractivity contribution in [2.75, 3.05) is 5.75 Å². The van der Waals surface area contributed by atoms with Crippen LogP contribution in [0.3, 0.4) is 0 Å². The number of hydrazone groups is 1. The first-order valence-corrected chi connectivity index (χ1v) is 8.16. The first-order chi connectivity index (χ1) is 10.6. The minimum atomic E-state index is -0.102. The molecule has 2 rings (SSSR count). The van der Waals surface area contributed by atoms with Crippen LogP contribution in [0.1, 0.15) is 22.3 Å². The first kappa shape index (κ1) is 16.2. The Balaban J connectivity index is 1.73. The van der Waals surface area contributed by atoms with Crippen molar-refractivity contribution >= 4 is 23.9 Å². The Morgan fingerprint density at radius 1 is 1.32 bits per heavy atom. The molecule has 4 nitrogen and oxygen atoms in total. The topological polar surface area (TPSA) is 54.4 Å². The van der Waals surface area contributed by atoms with Gasteiger partial charge in [-0.2, -0.15) is 5.10 Å². The van der Waals surface area contributed by atoms with Gasteiger partial charge >= 0.3 is 0 Å². The zero-order valence-corrected chi connectivity index (χ0v) is 13.6. The Morgan fingerprint density at radius 2 is 2.09 bits per heavy atom. The number of nitrogens with zero attached hydrogens (tertiary/aromatic N) is 2. The SMILES string of the molecule is Cc1cc(C)cc(CSCC(=O)N/N=C\c2cccnc2)c1. The van der Waals surface area contributed by atoms with Crippen LogP contribution >= 0.6 is 11.8 Å². The lowest BCUT2D eigenvalue weighted by atomic mass is 10.1. The van der Waals surface area contributed by atoms with Gasteiger partial charge in [0.2, 0.25) is 5.91 Å². The standard InChI is InChI=1S/C17H19N3OS/c1-13-6-14(2)8-16(7-13)11-22-12-17(21)20-19-10-15-4-3-5-18-9-15/h3-10H,11-12H2,1-2H3,(H,20,21)/b19-10-. The molecule has 0 fully saturated rings. The van der Waals surface area contributed by atoms with Gasteiger partial charge in [0.05, 0.1) is 12.0 Å². The highest BCUT2D eigenvalue weighted by Gasteiger charge is 2.01. The van der Waals surface area contributed by atoms with Gasteiger partial charge in [0.25, 0.3) is 0 Å². The number of benzene rings is 1. The van der Waals surface area contributed by atoms with Crippen LogP contribution in [0.4, 0.5) is 0 Å². The molecule has 0 aliphatic carbocycles. The van der Waals surface area contributed by atoms with Crippen molar-refractivity contribution in [3.63, 3.8) is 0 Å². The average Bonchev–Trinajstić information content (AvgIpc) is 2.47. The van der Waals surface area contributed by atoms with E-state index < -0.39 is 0 Å². The third-order valence-corrected chi connectivity index (χ3v) is 3.87. The highest BCUT2D eigenvalue weighted by Crippen LogP contribution is 2.15. The Hall–Kier alpha value is -2.14. The van der Waals surface area contributed by atoms with E-state index in [2.05, 4.69) is 47.6 Å². The maximum atomic E-state index is 11.7. The number of carbonyl (C=O) groups is 1. The van der Waals surface area contributed by atoms with Gasteiger partial charge in [0.15, 0.2) is 0 Å². The number of hydrogen-bond donors (Lipinski definition) is 1. The summed E-state index contributed by atoms with van der Waals surface area (Å²) in [7, 11) is 0. The summed E-state index contributed by atoms with van der Waals surface area (Å²) in [6.45, 7) is 4.17. The lowest BCUT2D eigenvalue weighted by molar-refractivity contribution is -0.118. The van der Waals surface area contributed by atoms with Crippen LogP contribution in [0.2, 0.25) is 0 Å². The van der Waals surface area contributed by atoms with E-state index >= 15 is 0 Å². The highest BCUT2D eigenvalue weighted by atomic mass is 32.2. The van der Waals surface area contributed by atoms with E-state index in [1.54, 1.807) is 30.4 Å². The number of thioether (sulfide) groups is 1. The molecule has 1 heterocycles. The molecule has 0 atom stereocenters. The molecule has 5 heteroatoms. The van der Waals surface area contributed by atoms with E-state index in [1.807, 2.05) is 12.1 Å². The molecule has 0 unspecified atom stereocenters. The molecule has 0 radical (unpaired) electrons. The maximum Gasteiger partial charge on any atom is 0.250 e. The average molecular weight is 313 g/mol. The monoisotopic (exact) mass is 313 g/mol. The maximum absolute atomic E-state index is 11.7. The van der Waals surface area contributed by atoms with Gasteiger partial charge in [0, 0.05) is 23.7 Å². The molecular formula is C17H19N3OS. The minimum Gasteiger partial charge on any atom is -0.272 e. The van der Waals surface area contributed by atoms with E-state index in [0.717, 1.165) is 11.3 Å². The van der Waals surface area contributed by atoms with Crippen molar-refractivity contribution in [2.45, 2.75) is 19.6 Å². The Bertz CT molecular complexity index is 636. The lowest BCUT2D eigenvalue weighted by Crippen LogP contribution is -2.19. The third kappa shape index (κ3) is 5.69. The van der Waals surface area contributed by atoms with Crippen molar-refractivity contribution in [3.8, 4) is 0 Å². The molecule has 2 aromatic rings. The third-order valence-electron chi connectivity index (χ3n) is 2.87. The van der Waals surface area contributed by atoms with Crippen LogP contribution in [-0.4, -0.2) is 22.9 Å². The Labute approximate surface area is 135 Å². The fourth-order valence-electron chi connectivity index (χ4n) is 2.08. The second kappa shape index (κ2) is 8.34. The van der Waals surface area contributed by atoms with E-state index in [-0.39, 0.29) is 5.91 Å². The number of rotatable bonds is 6. The number of nitrogens with one attached hydrogen (secondary N) is 1. The molecular weight excluding hydrogens is 294 g/mol. The number of aromatic nitrogens is 1. The molecule has 1 amide bonds. The van der Waals surface area contributed by atoms with Gasteiger partial charge in [-0.15, -0.1) is 11.8 Å². The summed E-state index contributed by atoms with van der Waals surface area (Å²) >= 11 is 1.58. The summed E-state index contributed by atoms with van der Waals surface area (Å²) in [4.78, 5) is 15.7. The number of amides is 1. The summed E-state index contributed by atoms with van der Waals surface area (Å²) in [6, 6.07) is 10.1. The van der Waals surface area contributed by atoms with Crippen LogP contribution < -0.4 is 5.43 Å². The van der Waals surface area contributed by atoms with Crippen LogP contribution in [0, 0.1) is 13.8 Å². The van der Waals surface area contributed by atoms with Crippen LogP contribution in [0.15, 0.2) is 47.8 Å². The Kier molecular flexibility index (Phi) is 6.15. The van der Waals surface area contributed by atoms with Crippen molar-refractivity contribution in [3.05, 3.63) is 65.0 Å². The predicted molar refractivity (Wildman–Crippen MR) is 92.1 cm³/mol. The molecule has 0 spiro atoms. The second-order valence-corrected chi connectivity index (χ2v) is 6.05. The lowest BCUT2D eigenvalue weighted by Gasteiger charge is -2.04. The zero-order chi connectivity index (χ0) is 15.8. The second-order valence-electron chi connectivity index (χ2n) is 5.07. The van der Waals surface area contributed by atoms with Gasteiger partial charge in [-0.1, -0.05) is 35.4 Å². The van der Waals surface area contributed by atoms with Gasteiger partial charge < -0.3 is 0 Å². The number of carbonyl (C=O) groups excluding carboxylic acids is 1. The summed E-state index contributed by atoms with van der Waals surface area (Å²) in [6.07, 6.45) is 4.96. The smallest absolute Gasteiger partial charge is 0.250 e. The minimum absolute atomic E-state index is 0.102. The van der Waals surface area contributed by atoms with Gasteiger partial charge in [-0.3, -0.25) is 9.78 Å². The van der Waals surface area contributed by atoms with Gasteiger partial charge in [-0.05, 0) is 25.5 Å². The van der Waals surface area contributed by atoms with Crippen LogP contribution in [-0.2, 0) is 10.5 Å². The molecule has 0 saturated carbocycles. The van der Waals surface area contributed by atoms with Crippen LogP contribution in [0.25, 0.3) is 0 Å². The van der Waals surface area contributed by atoms with Crippen molar-refractivity contribution in [1.82, 2.24) is 10.4 Å². The summed E-state index contributed by atoms with van der Waals surface area (Å²) in [5.74, 6) is 1.11. The van der Waals surface area contributed by atoms with Crippen LogP contribution in [0.5, 0.6) is 0 Å². The first-order valence-electron chi connectivity index (χ1n) is 7.00. The summed E-state index contributed by atoms with van der Waals surface area (Å²) in [5.41, 5.74) is 7.12. The molecule has 0 aliphatic heterocycles. The van der Waals surface area contributed by atoms with E-state index in [1.165, 1.54) is 16.7 Å². The number of hydrogen-bond acceptors (Lipinski definition) is 4. The number of pyridine rings is 1. The molecule has 114 valence electrons. The molecule has 0 bridgehead atoms. The van der Waals surface area contributed by atoms with Crippen molar-refractivity contribution in [1.29, 1.82) is 0 Å². The van der Waals surface area contributed by atoms with Crippen molar-refractivity contribution in [2.24, 2.45) is 5.10 Å². The number of aryl methyl sites for hydroxylation is 2. The molecule has 1 N–H and O–H groups in total.